The Kier molecular flexibility index (Phi) is 2.93. The number of H-pyrrole nitrogens is 1. The molecular weight excluding hydrogens is 226 g/mol. The number of hydrogen-bond acceptors (Lipinski definition) is 5. The fraction of sp³-hybridized carbons (Fsp3) is 0.111. The molecule has 2 N–H and O–H groups in total. The number of carbonyl (C=O) groups excluding carboxylic acids is 1. The molecule has 16 heavy (non-hydrogen) atoms. The van der Waals surface area contributed by atoms with Crippen LogP contribution in [0.5, 0.6) is 0 Å². The van der Waals surface area contributed by atoms with Gasteiger partial charge in [-0.05, 0) is 0 Å². The lowest BCUT2D eigenvalue weighted by Crippen LogP contribution is -2.15. The van der Waals surface area contributed by atoms with Crippen LogP contribution in [-0.4, -0.2) is 21.1 Å². The van der Waals surface area contributed by atoms with E-state index in [2.05, 4.69) is 20.5 Å². The zero-order valence-electron chi connectivity index (χ0n) is 8.10. The van der Waals surface area contributed by atoms with Crippen molar-refractivity contribution in [2.75, 3.05) is 5.32 Å². The maximum Gasteiger partial charge on any atom is 0.231 e. The molecule has 0 aliphatic carbocycles. The number of hydrogen-bond donors (Lipinski definition) is 2. The van der Waals surface area contributed by atoms with Gasteiger partial charge in [0.25, 0.3) is 0 Å². The normalized spacial score (nSPS) is 9.69. The number of thiazole rings is 1. The third kappa shape index (κ3) is 2.24. The molecule has 0 unspecified atom stereocenters. The van der Waals surface area contributed by atoms with Crippen molar-refractivity contribution < 1.29 is 4.79 Å². The fourth-order valence-electron chi connectivity index (χ4n) is 1.14. The second-order valence-electron chi connectivity index (χ2n) is 2.98. The largest absolute Gasteiger partial charge is 0.310 e. The van der Waals surface area contributed by atoms with Crippen molar-refractivity contribution in [3.8, 4) is 6.07 Å². The summed E-state index contributed by atoms with van der Waals surface area (Å²) in [6.45, 7) is 0. The molecule has 0 bridgehead atoms. The average Bonchev–Trinajstić information content (AvgIpc) is 2.88. The van der Waals surface area contributed by atoms with Gasteiger partial charge in [-0.15, -0.1) is 11.3 Å². The van der Waals surface area contributed by atoms with Gasteiger partial charge < -0.3 is 5.32 Å². The number of carbonyl (C=O) groups is 1. The molecule has 0 saturated heterocycles. The molecule has 80 valence electrons. The summed E-state index contributed by atoms with van der Waals surface area (Å²) in [7, 11) is 0. The number of nitrogens with one attached hydrogen (secondary N) is 2. The predicted molar refractivity (Wildman–Crippen MR) is 57.8 cm³/mol. The minimum Gasteiger partial charge on any atom is -0.310 e. The molecule has 0 radical (unpaired) electrons. The second-order valence-corrected chi connectivity index (χ2v) is 3.69. The molecule has 2 aromatic rings. The van der Waals surface area contributed by atoms with Gasteiger partial charge in [0.1, 0.15) is 17.5 Å². The van der Waals surface area contributed by atoms with Gasteiger partial charge in [-0.3, -0.25) is 9.89 Å². The van der Waals surface area contributed by atoms with E-state index in [1.54, 1.807) is 10.9 Å². The van der Waals surface area contributed by atoms with E-state index in [0.29, 0.717) is 17.1 Å². The molecule has 0 aliphatic heterocycles. The zero-order chi connectivity index (χ0) is 11.4. The number of amides is 1. The minimum atomic E-state index is -0.230. The van der Waals surface area contributed by atoms with Crippen molar-refractivity contribution in [1.82, 2.24) is 15.2 Å². The number of aromatic amines is 1. The molecule has 2 rings (SSSR count). The van der Waals surface area contributed by atoms with Crippen LogP contribution in [-0.2, 0) is 11.2 Å². The van der Waals surface area contributed by atoms with Crippen molar-refractivity contribution in [3.63, 3.8) is 0 Å². The minimum absolute atomic E-state index is 0.188. The Morgan fingerprint density at radius 3 is 3.25 bits per heavy atom. The molecule has 0 atom stereocenters. The van der Waals surface area contributed by atoms with Crippen molar-refractivity contribution in [3.05, 3.63) is 28.3 Å². The van der Waals surface area contributed by atoms with Gasteiger partial charge in [-0.1, -0.05) is 0 Å². The number of anilines is 1. The third-order valence-corrected chi connectivity index (χ3v) is 2.48. The van der Waals surface area contributed by atoms with Crippen LogP contribution in [0.3, 0.4) is 0 Å². The van der Waals surface area contributed by atoms with Crippen LogP contribution in [0.25, 0.3) is 0 Å². The Morgan fingerprint density at radius 1 is 1.69 bits per heavy atom. The SMILES string of the molecule is N#Cc1cn[nH]c1NC(=O)Cc1cscn1. The highest BCUT2D eigenvalue weighted by molar-refractivity contribution is 7.07. The number of rotatable bonds is 3. The van der Waals surface area contributed by atoms with Gasteiger partial charge in [-0.2, -0.15) is 10.4 Å². The quantitative estimate of drug-likeness (QED) is 0.824. The molecule has 7 heteroatoms. The van der Waals surface area contributed by atoms with Crippen LogP contribution in [0, 0.1) is 11.3 Å². The van der Waals surface area contributed by atoms with Gasteiger partial charge in [-0.25, -0.2) is 4.98 Å². The Hall–Kier alpha value is -2.20. The molecule has 0 spiro atoms. The molecular formula is C9H7N5OS. The van der Waals surface area contributed by atoms with Crippen molar-refractivity contribution in [2.24, 2.45) is 0 Å². The Balaban J connectivity index is 2.01. The van der Waals surface area contributed by atoms with Crippen molar-refractivity contribution >= 4 is 23.1 Å². The summed E-state index contributed by atoms with van der Waals surface area (Å²) in [5, 5.41) is 19.3. The van der Waals surface area contributed by atoms with Gasteiger partial charge >= 0.3 is 0 Å². The van der Waals surface area contributed by atoms with E-state index in [1.165, 1.54) is 17.5 Å². The van der Waals surface area contributed by atoms with E-state index in [9.17, 15) is 4.79 Å². The van der Waals surface area contributed by atoms with E-state index in [-0.39, 0.29) is 12.3 Å². The van der Waals surface area contributed by atoms with Crippen LogP contribution in [0.2, 0.25) is 0 Å². The van der Waals surface area contributed by atoms with Gasteiger partial charge in [0.05, 0.1) is 23.8 Å². The van der Waals surface area contributed by atoms with E-state index >= 15 is 0 Å². The first-order valence-corrected chi connectivity index (χ1v) is 5.34. The van der Waals surface area contributed by atoms with Crippen LogP contribution < -0.4 is 5.32 Å². The van der Waals surface area contributed by atoms with E-state index in [1.807, 2.05) is 6.07 Å². The lowest BCUT2D eigenvalue weighted by molar-refractivity contribution is -0.115. The maximum absolute atomic E-state index is 11.5. The van der Waals surface area contributed by atoms with Crippen molar-refractivity contribution in [1.29, 1.82) is 5.26 Å². The molecule has 2 heterocycles. The first-order chi connectivity index (χ1) is 7.79. The Labute approximate surface area is 94.9 Å². The van der Waals surface area contributed by atoms with Crippen LogP contribution >= 0.6 is 11.3 Å². The molecule has 0 saturated carbocycles. The molecule has 0 aromatic carbocycles. The molecule has 6 nitrogen and oxygen atoms in total. The summed E-state index contributed by atoms with van der Waals surface area (Å²) in [5.41, 5.74) is 2.69. The van der Waals surface area contributed by atoms with Gasteiger partial charge in [0.2, 0.25) is 5.91 Å². The first-order valence-electron chi connectivity index (χ1n) is 4.40. The highest BCUT2D eigenvalue weighted by atomic mass is 32.1. The smallest absolute Gasteiger partial charge is 0.231 e. The summed E-state index contributed by atoms with van der Waals surface area (Å²) < 4.78 is 0. The molecule has 1 amide bonds. The number of aromatic nitrogens is 3. The topological polar surface area (TPSA) is 94.5 Å². The summed E-state index contributed by atoms with van der Waals surface area (Å²) >= 11 is 1.43. The number of nitriles is 1. The van der Waals surface area contributed by atoms with Crippen LogP contribution in [0.1, 0.15) is 11.3 Å². The van der Waals surface area contributed by atoms with Gasteiger partial charge in [0.15, 0.2) is 0 Å². The predicted octanol–water partition coefficient (Wildman–Crippen LogP) is 0.919. The maximum atomic E-state index is 11.5. The molecule has 2 aromatic heterocycles. The fourth-order valence-corrected chi connectivity index (χ4v) is 1.70. The van der Waals surface area contributed by atoms with Crippen molar-refractivity contribution in [2.45, 2.75) is 6.42 Å². The second kappa shape index (κ2) is 4.55. The monoisotopic (exact) mass is 233 g/mol. The Bertz CT molecular complexity index is 524. The van der Waals surface area contributed by atoms with Gasteiger partial charge in [0, 0.05) is 5.38 Å². The summed E-state index contributed by atoms with van der Waals surface area (Å²) in [6.07, 6.45) is 1.55. The highest BCUT2D eigenvalue weighted by Crippen LogP contribution is 2.09. The summed E-state index contributed by atoms with van der Waals surface area (Å²) in [5.74, 6) is 0.0920. The average molecular weight is 233 g/mol. The van der Waals surface area contributed by atoms with Crippen LogP contribution in [0.15, 0.2) is 17.1 Å². The standard InChI is InChI=1S/C9H7N5OS/c10-2-6-3-12-14-9(6)13-8(15)1-7-4-16-5-11-7/h3-5H,1H2,(H2,12,13,14,15). The first kappa shape index (κ1) is 10.3. The van der Waals surface area contributed by atoms with E-state index in [0.717, 1.165) is 0 Å². The zero-order valence-corrected chi connectivity index (χ0v) is 8.91. The highest BCUT2D eigenvalue weighted by Gasteiger charge is 2.09. The Morgan fingerprint density at radius 2 is 2.56 bits per heavy atom. The lowest BCUT2D eigenvalue weighted by atomic mass is 10.3. The van der Waals surface area contributed by atoms with E-state index < -0.39 is 0 Å². The van der Waals surface area contributed by atoms with Crippen LogP contribution in [0.4, 0.5) is 5.82 Å². The molecule has 0 aliphatic rings. The third-order valence-electron chi connectivity index (χ3n) is 1.85. The molecule has 0 fully saturated rings. The van der Waals surface area contributed by atoms with E-state index in [4.69, 9.17) is 5.26 Å². The summed E-state index contributed by atoms with van der Waals surface area (Å²) in [6, 6.07) is 1.92. The lowest BCUT2D eigenvalue weighted by Gasteiger charge is -2.00. The number of nitrogens with zero attached hydrogens (tertiary/aromatic N) is 3. The summed E-state index contributed by atoms with van der Waals surface area (Å²) in [4.78, 5) is 15.5.